The number of rotatable bonds is 5. The number of sulfonamides is 1. The Hall–Kier alpha value is -1.77. The minimum atomic E-state index is -3.90. The van der Waals surface area contributed by atoms with Crippen LogP contribution in [0.4, 0.5) is 0 Å². The van der Waals surface area contributed by atoms with Gasteiger partial charge in [0.2, 0.25) is 10.0 Å². The molecule has 7 nitrogen and oxygen atoms in total. The van der Waals surface area contributed by atoms with E-state index in [0.717, 1.165) is 25.9 Å². The minimum Gasteiger partial charge on any atom is -0.496 e. The van der Waals surface area contributed by atoms with Crippen LogP contribution in [-0.4, -0.2) is 51.7 Å². The standard InChI is InChI=1S/C15H21N3O4S/c1-3-18-8-4-5-11(18)10-17-15(19)13-9-12(23(16,20)21)6-7-14(13)22-2/h6-7,9-11H,3-5,8H2,1-2H3,(H2,16,20,21). The van der Waals surface area contributed by atoms with Gasteiger partial charge in [0.1, 0.15) is 5.75 Å². The molecule has 23 heavy (non-hydrogen) atoms. The highest BCUT2D eigenvalue weighted by atomic mass is 32.2. The predicted molar refractivity (Wildman–Crippen MR) is 87.5 cm³/mol. The average Bonchev–Trinajstić information content (AvgIpc) is 2.98. The largest absolute Gasteiger partial charge is 0.496 e. The number of nitrogens with zero attached hydrogens (tertiary/aromatic N) is 2. The van der Waals surface area contributed by atoms with Crippen LogP contribution in [0.5, 0.6) is 5.75 Å². The van der Waals surface area contributed by atoms with Crippen molar-refractivity contribution in [3.05, 3.63) is 23.8 Å². The van der Waals surface area contributed by atoms with Crippen LogP contribution < -0.4 is 9.88 Å². The van der Waals surface area contributed by atoms with Gasteiger partial charge in [-0.25, -0.2) is 18.5 Å². The summed E-state index contributed by atoms with van der Waals surface area (Å²) in [6.07, 6.45) is 3.66. The monoisotopic (exact) mass is 339 g/mol. The maximum atomic E-state index is 12.3. The van der Waals surface area contributed by atoms with Crippen LogP contribution in [0.2, 0.25) is 0 Å². The molecule has 1 aliphatic rings. The first-order valence-electron chi connectivity index (χ1n) is 7.40. The number of benzene rings is 1. The second kappa shape index (κ2) is 7.20. The molecule has 1 heterocycles. The molecule has 2 rings (SSSR count). The highest BCUT2D eigenvalue weighted by molar-refractivity contribution is 7.89. The molecule has 1 amide bonds. The van der Waals surface area contributed by atoms with Gasteiger partial charge in [-0.05, 0) is 44.1 Å². The van der Waals surface area contributed by atoms with Crippen molar-refractivity contribution in [2.24, 2.45) is 10.1 Å². The minimum absolute atomic E-state index is 0.0799. The molecule has 1 aromatic carbocycles. The van der Waals surface area contributed by atoms with Gasteiger partial charge < -0.3 is 4.74 Å². The van der Waals surface area contributed by atoms with E-state index in [0.29, 0.717) is 0 Å². The Morgan fingerprint density at radius 3 is 2.87 bits per heavy atom. The number of ether oxygens (including phenoxy) is 1. The lowest BCUT2D eigenvalue weighted by Gasteiger charge is -2.18. The first-order chi connectivity index (χ1) is 10.9. The van der Waals surface area contributed by atoms with Gasteiger partial charge in [0, 0.05) is 12.3 Å². The molecule has 1 fully saturated rings. The molecule has 0 aliphatic carbocycles. The van der Waals surface area contributed by atoms with E-state index >= 15 is 0 Å². The van der Waals surface area contributed by atoms with Crippen molar-refractivity contribution in [1.82, 2.24) is 4.90 Å². The molecule has 0 bridgehead atoms. The van der Waals surface area contributed by atoms with Crippen molar-refractivity contribution in [3.63, 3.8) is 0 Å². The second-order valence-corrected chi connectivity index (χ2v) is 6.89. The molecule has 0 radical (unpaired) electrons. The van der Waals surface area contributed by atoms with E-state index in [9.17, 15) is 13.2 Å². The summed E-state index contributed by atoms with van der Waals surface area (Å²) in [7, 11) is -2.49. The second-order valence-electron chi connectivity index (χ2n) is 5.33. The maximum absolute atomic E-state index is 12.3. The predicted octanol–water partition coefficient (Wildman–Crippen LogP) is 1.04. The van der Waals surface area contributed by atoms with Crippen molar-refractivity contribution in [3.8, 4) is 5.75 Å². The van der Waals surface area contributed by atoms with Gasteiger partial charge >= 0.3 is 0 Å². The molecule has 8 heteroatoms. The summed E-state index contributed by atoms with van der Waals surface area (Å²) in [5, 5.41) is 5.10. The topological polar surface area (TPSA) is 102 Å². The highest BCUT2D eigenvalue weighted by Crippen LogP contribution is 2.23. The summed E-state index contributed by atoms with van der Waals surface area (Å²) >= 11 is 0. The fraction of sp³-hybridized carbons (Fsp3) is 0.467. The number of methoxy groups -OCH3 is 1. The number of hydrogen-bond donors (Lipinski definition) is 1. The van der Waals surface area contributed by atoms with Gasteiger partial charge in [0.05, 0.1) is 17.6 Å². The first-order valence-corrected chi connectivity index (χ1v) is 8.95. The van der Waals surface area contributed by atoms with Crippen LogP contribution in [0.25, 0.3) is 0 Å². The Kier molecular flexibility index (Phi) is 5.51. The average molecular weight is 339 g/mol. The Bertz CT molecular complexity index is 715. The van der Waals surface area contributed by atoms with Crippen molar-refractivity contribution in [2.45, 2.75) is 30.7 Å². The summed E-state index contributed by atoms with van der Waals surface area (Å²) in [6.45, 7) is 3.95. The number of amides is 1. The Labute approximate surface area is 136 Å². The van der Waals surface area contributed by atoms with Crippen LogP contribution in [0.3, 0.4) is 0 Å². The number of carbonyl (C=O) groups excluding carboxylic acids is 1. The highest BCUT2D eigenvalue weighted by Gasteiger charge is 2.22. The lowest BCUT2D eigenvalue weighted by Crippen LogP contribution is -2.30. The lowest BCUT2D eigenvalue weighted by molar-refractivity contribution is 0.0999. The fourth-order valence-corrected chi connectivity index (χ4v) is 3.21. The van der Waals surface area contributed by atoms with Gasteiger partial charge in [-0.15, -0.1) is 0 Å². The molecular weight excluding hydrogens is 318 g/mol. The lowest BCUT2D eigenvalue weighted by atomic mass is 10.2. The Balaban J connectivity index is 2.27. The fourth-order valence-electron chi connectivity index (χ4n) is 2.67. The number of hydrogen-bond acceptors (Lipinski definition) is 5. The molecule has 126 valence electrons. The third-order valence-electron chi connectivity index (χ3n) is 3.91. The normalized spacial score (nSPS) is 19.3. The zero-order valence-electron chi connectivity index (χ0n) is 13.2. The van der Waals surface area contributed by atoms with Gasteiger partial charge in [0.25, 0.3) is 5.91 Å². The molecule has 1 atom stereocenters. The summed E-state index contributed by atoms with van der Waals surface area (Å²) in [5.74, 6) is -0.284. The zero-order valence-corrected chi connectivity index (χ0v) is 14.0. The summed E-state index contributed by atoms with van der Waals surface area (Å²) in [5.41, 5.74) is 0.0799. The van der Waals surface area contributed by atoms with E-state index in [1.54, 1.807) is 6.21 Å². The van der Waals surface area contributed by atoms with Crippen LogP contribution in [0.15, 0.2) is 28.1 Å². The molecular formula is C15H21N3O4S. The Morgan fingerprint density at radius 1 is 1.52 bits per heavy atom. The molecule has 1 aliphatic heterocycles. The van der Waals surface area contributed by atoms with Gasteiger partial charge in [0.15, 0.2) is 0 Å². The van der Waals surface area contributed by atoms with Gasteiger partial charge in [-0.1, -0.05) is 6.92 Å². The molecule has 0 spiro atoms. The number of aliphatic imine (C=N–C) groups is 1. The third-order valence-corrected chi connectivity index (χ3v) is 4.83. The summed E-state index contributed by atoms with van der Waals surface area (Å²) < 4.78 is 28.0. The van der Waals surface area contributed by atoms with E-state index in [1.165, 1.54) is 25.3 Å². The van der Waals surface area contributed by atoms with Crippen LogP contribution >= 0.6 is 0 Å². The molecule has 1 saturated heterocycles. The van der Waals surface area contributed by atoms with Crippen molar-refractivity contribution >= 4 is 22.1 Å². The smallest absolute Gasteiger partial charge is 0.280 e. The first kappa shape index (κ1) is 17.6. The van der Waals surface area contributed by atoms with Gasteiger partial charge in [-0.2, -0.15) is 0 Å². The van der Waals surface area contributed by atoms with E-state index in [4.69, 9.17) is 9.88 Å². The zero-order chi connectivity index (χ0) is 17.0. The third kappa shape index (κ3) is 4.15. The van der Waals surface area contributed by atoms with Crippen LogP contribution in [-0.2, 0) is 10.0 Å². The van der Waals surface area contributed by atoms with E-state index in [1.807, 2.05) is 0 Å². The Morgan fingerprint density at radius 2 is 2.26 bits per heavy atom. The molecule has 0 aromatic heterocycles. The summed E-state index contributed by atoms with van der Waals surface area (Å²) in [6, 6.07) is 4.03. The number of nitrogens with two attached hydrogens (primary N) is 1. The summed E-state index contributed by atoms with van der Waals surface area (Å²) in [4.78, 5) is 18.4. The van der Waals surface area contributed by atoms with Crippen LogP contribution in [0.1, 0.15) is 30.1 Å². The maximum Gasteiger partial charge on any atom is 0.280 e. The number of likely N-dealkylation sites (tertiary alicyclic amines) is 1. The molecule has 2 N–H and O–H groups in total. The van der Waals surface area contributed by atoms with E-state index in [-0.39, 0.29) is 22.3 Å². The number of carbonyl (C=O) groups is 1. The molecule has 0 saturated carbocycles. The van der Waals surface area contributed by atoms with Crippen LogP contribution in [0, 0.1) is 0 Å². The van der Waals surface area contributed by atoms with E-state index in [2.05, 4.69) is 16.8 Å². The van der Waals surface area contributed by atoms with Crippen molar-refractivity contribution in [1.29, 1.82) is 0 Å². The van der Waals surface area contributed by atoms with Crippen molar-refractivity contribution in [2.75, 3.05) is 20.2 Å². The molecule has 1 aromatic rings. The van der Waals surface area contributed by atoms with Gasteiger partial charge in [-0.3, -0.25) is 9.69 Å². The SMILES string of the molecule is CCN1CCCC1C=NC(=O)c1cc(S(N)(=O)=O)ccc1OC. The quantitative estimate of drug-likeness (QED) is 0.808. The number of primary sulfonamides is 1. The van der Waals surface area contributed by atoms with E-state index < -0.39 is 15.9 Å². The van der Waals surface area contributed by atoms with Crippen molar-refractivity contribution < 1.29 is 17.9 Å². The molecule has 1 unspecified atom stereocenters.